The van der Waals surface area contributed by atoms with Gasteiger partial charge >= 0.3 is 5.97 Å². The molecule has 0 amide bonds. The summed E-state index contributed by atoms with van der Waals surface area (Å²) < 4.78 is 5.31. The van der Waals surface area contributed by atoms with Crippen molar-refractivity contribution in [1.29, 1.82) is 0 Å². The molecule has 1 aliphatic carbocycles. The van der Waals surface area contributed by atoms with E-state index in [0.29, 0.717) is 5.92 Å². The monoisotopic (exact) mass is 168 g/mol. The second-order valence-electron chi connectivity index (χ2n) is 4.35. The minimum Gasteiger partial charge on any atom is -0.462 e. The molecule has 12 heavy (non-hydrogen) atoms. The fourth-order valence-electron chi connectivity index (χ4n) is 2.49. The lowest BCUT2D eigenvalue weighted by Crippen LogP contribution is -2.27. The topological polar surface area (TPSA) is 26.3 Å². The third-order valence-corrected chi connectivity index (χ3v) is 3.39. The molecule has 0 aromatic rings. The van der Waals surface area contributed by atoms with Crippen molar-refractivity contribution in [3.8, 4) is 0 Å². The molecule has 0 spiro atoms. The fourth-order valence-corrected chi connectivity index (χ4v) is 2.49. The van der Waals surface area contributed by atoms with Gasteiger partial charge in [-0.05, 0) is 18.8 Å². The van der Waals surface area contributed by atoms with Gasteiger partial charge in [0.1, 0.15) is 6.10 Å². The first-order chi connectivity index (χ1) is 5.68. The molecule has 0 aromatic heterocycles. The number of carbonyl (C=O) groups excluding carboxylic acids is 1. The Morgan fingerprint density at radius 1 is 1.33 bits per heavy atom. The maximum absolute atomic E-state index is 11.2. The average Bonchev–Trinajstić information content (AvgIpc) is 2.28. The lowest BCUT2D eigenvalue weighted by molar-refractivity contribution is -0.144. The average molecular weight is 168 g/mol. The van der Waals surface area contributed by atoms with Crippen LogP contribution in [0.1, 0.15) is 33.1 Å². The van der Waals surface area contributed by atoms with Crippen LogP contribution >= 0.6 is 0 Å². The van der Waals surface area contributed by atoms with Crippen molar-refractivity contribution in [1.82, 2.24) is 0 Å². The number of fused-ring (bicyclic) bond motifs is 1. The van der Waals surface area contributed by atoms with Crippen molar-refractivity contribution in [3.05, 3.63) is 0 Å². The predicted molar refractivity (Wildman–Crippen MR) is 45.5 cm³/mol. The predicted octanol–water partition coefficient (Wildman–Crippen LogP) is 1.98. The maximum atomic E-state index is 11.2. The van der Waals surface area contributed by atoms with Crippen molar-refractivity contribution in [2.45, 2.75) is 39.2 Å². The quantitative estimate of drug-likeness (QED) is 0.517. The SMILES string of the molecule is CC1CC[C@H]2[C@@H](C1)OC(=O)[C@@H]2C. The largest absolute Gasteiger partial charge is 0.462 e. The summed E-state index contributed by atoms with van der Waals surface area (Å²) in [6.45, 7) is 4.25. The van der Waals surface area contributed by atoms with Crippen molar-refractivity contribution < 1.29 is 9.53 Å². The van der Waals surface area contributed by atoms with Gasteiger partial charge in [-0.2, -0.15) is 0 Å². The molecule has 1 saturated carbocycles. The summed E-state index contributed by atoms with van der Waals surface area (Å²) in [6, 6.07) is 0. The van der Waals surface area contributed by atoms with E-state index in [-0.39, 0.29) is 18.0 Å². The van der Waals surface area contributed by atoms with Crippen LogP contribution in [0.15, 0.2) is 0 Å². The van der Waals surface area contributed by atoms with E-state index in [0.717, 1.165) is 12.3 Å². The highest BCUT2D eigenvalue weighted by atomic mass is 16.6. The molecule has 0 aromatic carbocycles. The van der Waals surface area contributed by atoms with Gasteiger partial charge in [-0.1, -0.05) is 20.3 Å². The van der Waals surface area contributed by atoms with E-state index in [4.69, 9.17) is 4.74 Å². The zero-order valence-electron chi connectivity index (χ0n) is 7.75. The molecule has 2 fully saturated rings. The van der Waals surface area contributed by atoms with Crippen LogP contribution in [0.4, 0.5) is 0 Å². The zero-order chi connectivity index (χ0) is 8.72. The van der Waals surface area contributed by atoms with E-state index >= 15 is 0 Å². The van der Waals surface area contributed by atoms with Crippen molar-refractivity contribution in [2.24, 2.45) is 17.8 Å². The van der Waals surface area contributed by atoms with E-state index < -0.39 is 0 Å². The van der Waals surface area contributed by atoms with Crippen molar-refractivity contribution in [3.63, 3.8) is 0 Å². The molecular weight excluding hydrogens is 152 g/mol. The first-order valence-corrected chi connectivity index (χ1v) is 4.89. The molecule has 2 aliphatic rings. The Hall–Kier alpha value is -0.530. The third-order valence-electron chi connectivity index (χ3n) is 3.39. The van der Waals surface area contributed by atoms with E-state index in [1.54, 1.807) is 0 Å². The lowest BCUT2D eigenvalue weighted by atomic mass is 9.77. The second-order valence-corrected chi connectivity index (χ2v) is 4.35. The summed E-state index contributed by atoms with van der Waals surface area (Å²) in [4.78, 5) is 11.2. The van der Waals surface area contributed by atoms with Gasteiger partial charge in [-0.15, -0.1) is 0 Å². The standard InChI is InChI=1S/C10H16O2/c1-6-3-4-8-7(2)10(11)12-9(8)5-6/h6-9H,3-5H2,1-2H3/t6?,7-,8-,9-/m1/s1. The van der Waals surface area contributed by atoms with Crippen LogP contribution < -0.4 is 0 Å². The van der Waals surface area contributed by atoms with E-state index in [9.17, 15) is 4.79 Å². The minimum absolute atomic E-state index is 0.0269. The number of hydrogen-bond acceptors (Lipinski definition) is 2. The molecule has 0 radical (unpaired) electrons. The minimum atomic E-state index is 0.0269. The Bertz CT molecular complexity index is 200. The van der Waals surface area contributed by atoms with Crippen LogP contribution in [0, 0.1) is 17.8 Å². The van der Waals surface area contributed by atoms with Crippen LogP contribution in [0.3, 0.4) is 0 Å². The first kappa shape index (κ1) is 8.09. The Labute approximate surface area is 73.3 Å². The fraction of sp³-hybridized carbons (Fsp3) is 0.900. The second kappa shape index (κ2) is 2.75. The normalized spacial score (nSPS) is 47.0. The van der Waals surface area contributed by atoms with E-state index in [1.807, 2.05) is 6.92 Å². The van der Waals surface area contributed by atoms with Gasteiger partial charge in [0.2, 0.25) is 0 Å². The lowest BCUT2D eigenvalue weighted by Gasteiger charge is -2.28. The zero-order valence-corrected chi connectivity index (χ0v) is 7.75. The number of carbonyl (C=O) groups is 1. The van der Waals surface area contributed by atoms with Gasteiger partial charge in [-0.3, -0.25) is 4.79 Å². The van der Waals surface area contributed by atoms with Crippen LogP contribution in [-0.4, -0.2) is 12.1 Å². The van der Waals surface area contributed by atoms with Crippen LogP contribution in [0.5, 0.6) is 0 Å². The van der Waals surface area contributed by atoms with E-state index in [1.165, 1.54) is 12.8 Å². The van der Waals surface area contributed by atoms with E-state index in [2.05, 4.69) is 6.92 Å². The van der Waals surface area contributed by atoms with Gasteiger partial charge in [0.25, 0.3) is 0 Å². The number of ether oxygens (including phenoxy) is 1. The van der Waals surface area contributed by atoms with Gasteiger partial charge in [0.05, 0.1) is 5.92 Å². The molecule has 0 bridgehead atoms. The molecule has 1 aliphatic heterocycles. The van der Waals surface area contributed by atoms with Crippen LogP contribution in [-0.2, 0) is 9.53 Å². The Morgan fingerprint density at radius 2 is 2.08 bits per heavy atom. The summed E-state index contributed by atoms with van der Waals surface area (Å²) in [5.41, 5.74) is 0. The van der Waals surface area contributed by atoms with Gasteiger partial charge in [-0.25, -0.2) is 0 Å². The highest BCUT2D eigenvalue weighted by Gasteiger charge is 2.43. The van der Waals surface area contributed by atoms with Gasteiger partial charge < -0.3 is 4.74 Å². The third kappa shape index (κ3) is 1.13. The van der Waals surface area contributed by atoms with Gasteiger partial charge in [0.15, 0.2) is 0 Å². The van der Waals surface area contributed by atoms with Crippen molar-refractivity contribution in [2.75, 3.05) is 0 Å². The smallest absolute Gasteiger partial charge is 0.309 e. The first-order valence-electron chi connectivity index (χ1n) is 4.89. The summed E-state index contributed by atoms with van der Waals surface area (Å²) >= 11 is 0. The summed E-state index contributed by atoms with van der Waals surface area (Å²) in [7, 11) is 0. The molecule has 2 nitrogen and oxygen atoms in total. The molecule has 4 atom stereocenters. The molecule has 1 saturated heterocycles. The summed E-state index contributed by atoms with van der Waals surface area (Å²) in [6.07, 6.45) is 3.78. The molecule has 2 rings (SSSR count). The number of esters is 1. The Balaban J connectivity index is 2.09. The molecule has 1 unspecified atom stereocenters. The molecule has 2 heteroatoms. The van der Waals surface area contributed by atoms with Crippen LogP contribution in [0.2, 0.25) is 0 Å². The Kier molecular flexibility index (Phi) is 1.85. The highest BCUT2D eigenvalue weighted by Crippen LogP contribution is 2.40. The maximum Gasteiger partial charge on any atom is 0.309 e. The van der Waals surface area contributed by atoms with Crippen molar-refractivity contribution >= 4 is 5.97 Å². The molecular formula is C10H16O2. The number of hydrogen-bond donors (Lipinski definition) is 0. The summed E-state index contributed by atoms with van der Waals surface area (Å²) in [5.74, 6) is 1.44. The van der Waals surface area contributed by atoms with Gasteiger partial charge in [0, 0.05) is 5.92 Å². The van der Waals surface area contributed by atoms with Crippen LogP contribution in [0.25, 0.3) is 0 Å². The molecule has 68 valence electrons. The molecule has 0 N–H and O–H groups in total. The summed E-state index contributed by atoms with van der Waals surface area (Å²) in [5, 5.41) is 0. The molecule has 1 heterocycles. The Morgan fingerprint density at radius 3 is 2.83 bits per heavy atom. The number of rotatable bonds is 0. The highest BCUT2D eigenvalue weighted by molar-refractivity contribution is 5.74.